The predicted octanol–water partition coefficient (Wildman–Crippen LogP) is 2.29. The molecular weight excluding hydrogens is 188 g/mol. The third-order valence-corrected chi connectivity index (χ3v) is 2.07. The summed E-state index contributed by atoms with van der Waals surface area (Å²) in [5.74, 6) is 1.89. The molecule has 4 heteroatoms. The number of anilines is 2. The highest BCUT2D eigenvalue weighted by Gasteiger charge is 2.09. The average Bonchev–Trinajstić information content (AvgIpc) is 2.18. The van der Waals surface area contributed by atoms with E-state index >= 15 is 0 Å². The summed E-state index contributed by atoms with van der Waals surface area (Å²) in [7, 11) is 0. The van der Waals surface area contributed by atoms with E-state index in [1.165, 1.54) is 0 Å². The van der Waals surface area contributed by atoms with E-state index in [1.54, 1.807) is 6.33 Å². The van der Waals surface area contributed by atoms with Gasteiger partial charge in [-0.25, -0.2) is 9.97 Å². The van der Waals surface area contributed by atoms with Crippen LogP contribution in [0.4, 0.5) is 11.6 Å². The summed E-state index contributed by atoms with van der Waals surface area (Å²) in [6, 6.07) is 0.389. The number of nitrogens with zero attached hydrogens (tertiary/aromatic N) is 2. The fraction of sp³-hybridized carbons (Fsp3) is 0.636. The van der Waals surface area contributed by atoms with Gasteiger partial charge < -0.3 is 10.6 Å². The van der Waals surface area contributed by atoms with E-state index < -0.39 is 0 Å². The Labute approximate surface area is 91.5 Å². The number of hydrogen-bond donors (Lipinski definition) is 2. The Balaban J connectivity index is 2.98. The van der Waals surface area contributed by atoms with Crippen LogP contribution in [0.5, 0.6) is 0 Å². The van der Waals surface area contributed by atoms with E-state index in [9.17, 15) is 0 Å². The van der Waals surface area contributed by atoms with Crippen LogP contribution in [0, 0.1) is 0 Å². The minimum Gasteiger partial charge on any atom is -0.370 e. The van der Waals surface area contributed by atoms with Crippen LogP contribution in [-0.2, 0) is 6.42 Å². The average molecular weight is 208 g/mol. The van der Waals surface area contributed by atoms with E-state index in [1.807, 2.05) is 0 Å². The van der Waals surface area contributed by atoms with Gasteiger partial charge in [0, 0.05) is 18.2 Å². The largest absolute Gasteiger partial charge is 0.370 e. The molecule has 1 aromatic rings. The van der Waals surface area contributed by atoms with Gasteiger partial charge in [0.2, 0.25) is 0 Å². The summed E-state index contributed by atoms with van der Waals surface area (Å²) in [5, 5.41) is 6.58. The lowest BCUT2D eigenvalue weighted by atomic mass is 10.2. The first-order chi connectivity index (χ1) is 7.19. The highest BCUT2D eigenvalue weighted by molar-refractivity contribution is 5.57. The van der Waals surface area contributed by atoms with Crippen molar-refractivity contribution in [1.29, 1.82) is 0 Å². The second kappa shape index (κ2) is 5.53. The molecule has 4 nitrogen and oxygen atoms in total. The Hall–Kier alpha value is -1.32. The molecule has 84 valence electrons. The maximum absolute atomic E-state index is 4.27. The second-order valence-corrected chi connectivity index (χ2v) is 3.73. The molecule has 0 fully saturated rings. The van der Waals surface area contributed by atoms with Crippen molar-refractivity contribution < 1.29 is 0 Å². The number of rotatable bonds is 5. The summed E-state index contributed by atoms with van der Waals surface area (Å²) >= 11 is 0. The smallest absolute Gasteiger partial charge is 0.134 e. The third-order valence-electron chi connectivity index (χ3n) is 2.07. The zero-order chi connectivity index (χ0) is 11.3. The van der Waals surface area contributed by atoms with Gasteiger partial charge in [-0.1, -0.05) is 6.92 Å². The lowest BCUT2D eigenvalue weighted by molar-refractivity contribution is 0.875. The molecule has 0 saturated carbocycles. The van der Waals surface area contributed by atoms with Crippen molar-refractivity contribution in [3.63, 3.8) is 0 Å². The van der Waals surface area contributed by atoms with Gasteiger partial charge in [-0.2, -0.15) is 0 Å². The fourth-order valence-corrected chi connectivity index (χ4v) is 1.46. The Morgan fingerprint density at radius 1 is 1.20 bits per heavy atom. The van der Waals surface area contributed by atoms with E-state index in [4.69, 9.17) is 0 Å². The second-order valence-electron chi connectivity index (χ2n) is 3.73. The Morgan fingerprint density at radius 2 is 1.87 bits per heavy atom. The van der Waals surface area contributed by atoms with Crippen molar-refractivity contribution in [2.75, 3.05) is 17.2 Å². The fourth-order valence-electron chi connectivity index (χ4n) is 1.46. The lowest BCUT2D eigenvalue weighted by Crippen LogP contribution is -2.15. The molecule has 0 atom stereocenters. The number of aromatic nitrogens is 2. The molecule has 0 saturated heterocycles. The van der Waals surface area contributed by atoms with Crippen LogP contribution < -0.4 is 10.6 Å². The van der Waals surface area contributed by atoms with Gasteiger partial charge in [0.1, 0.15) is 18.0 Å². The van der Waals surface area contributed by atoms with Gasteiger partial charge in [-0.15, -0.1) is 0 Å². The first-order valence-electron chi connectivity index (χ1n) is 5.53. The third kappa shape index (κ3) is 3.08. The standard InChI is InChI=1S/C11H20N4/c1-5-9-10(12-6-2)13-7-14-11(9)15-8(3)4/h7-8H,5-6H2,1-4H3,(H2,12,13,14,15). The van der Waals surface area contributed by atoms with Gasteiger partial charge in [0.25, 0.3) is 0 Å². The molecule has 0 aliphatic heterocycles. The molecule has 1 rings (SSSR count). The van der Waals surface area contributed by atoms with Crippen LogP contribution >= 0.6 is 0 Å². The zero-order valence-electron chi connectivity index (χ0n) is 9.96. The Morgan fingerprint density at radius 3 is 2.40 bits per heavy atom. The van der Waals surface area contributed by atoms with Crippen LogP contribution in [0.25, 0.3) is 0 Å². The molecule has 0 bridgehead atoms. The Kier molecular flexibility index (Phi) is 4.34. The van der Waals surface area contributed by atoms with E-state index in [-0.39, 0.29) is 0 Å². The van der Waals surface area contributed by atoms with Crippen molar-refractivity contribution in [3.05, 3.63) is 11.9 Å². The Bertz CT molecular complexity index is 309. The van der Waals surface area contributed by atoms with Crippen molar-refractivity contribution in [1.82, 2.24) is 9.97 Å². The van der Waals surface area contributed by atoms with Gasteiger partial charge >= 0.3 is 0 Å². The molecule has 0 aromatic carbocycles. The number of nitrogens with one attached hydrogen (secondary N) is 2. The molecule has 2 N–H and O–H groups in total. The molecule has 1 aromatic heterocycles. The first kappa shape index (κ1) is 11.8. The van der Waals surface area contributed by atoms with Crippen LogP contribution in [0.2, 0.25) is 0 Å². The SMILES string of the molecule is CCNc1ncnc(NC(C)C)c1CC. The van der Waals surface area contributed by atoms with E-state index in [2.05, 4.69) is 48.3 Å². The molecule has 0 aliphatic carbocycles. The monoisotopic (exact) mass is 208 g/mol. The highest BCUT2D eigenvalue weighted by atomic mass is 15.1. The van der Waals surface area contributed by atoms with Gasteiger partial charge in [0.15, 0.2) is 0 Å². The minimum absolute atomic E-state index is 0.389. The lowest BCUT2D eigenvalue weighted by Gasteiger charge is -2.15. The van der Waals surface area contributed by atoms with Gasteiger partial charge in [-0.3, -0.25) is 0 Å². The summed E-state index contributed by atoms with van der Waals surface area (Å²) in [4.78, 5) is 8.52. The minimum atomic E-state index is 0.389. The molecule has 15 heavy (non-hydrogen) atoms. The molecule has 0 radical (unpaired) electrons. The summed E-state index contributed by atoms with van der Waals surface area (Å²) in [6.45, 7) is 9.27. The molecule has 0 unspecified atom stereocenters. The van der Waals surface area contributed by atoms with Crippen molar-refractivity contribution in [2.24, 2.45) is 0 Å². The topological polar surface area (TPSA) is 49.8 Å². The summed E-state index contributed by atoms with van der Waals surface area (Å²) in [6.07, 6.45) is 2.53. The zero-order valence-corrected chi connectivity index (χ0v) is 9.96. The van der Waals surface area contributed by atoms with Crippen molar-refractivity contribution in [2.45, 2.75) is 40.2 Å². The molecule has 1 heterocycles. The van der Waals surface area contributed by atoms with E-state index in [0.29, 0.717) is 6.04 Å². The summed E-state index contributed by atoms with van der Waals surface area (Å²) in [5.41, 5.74) is 1.16. The van der Waals surface area contributed by atoms with E-state index in [0.717, 1.165) is 30.2 Å². The maximum atomic E-state index is 4.27. The van der Waals surface area contributed by atoms with Crippen LogP contribution in [0.1, 0.15) is 33.3 Å². The van der Waals surface area contributed by atoms with Crippen LogP contribution in [-0.4, -0.2) is 22.6 Å². The van der Waals surface area contributed by atoms with Crippen LogP contribution in [0.3, 0.4) is 0 Å². The maximum Gasteiger partial charge on any atom is 0.134 e. The molecular formula is C11H20N4. The number of hydrogen-bond acceptors (Lipinski definition) is 4. The highest BCUT2D eigenvalue weighted by Crippen LogP contribution is 2.20. The van der Waals surface area contributed by atoms with Gasteiger partial charge in [-0.05, 0) is 27.2 Å². The first-order valence-corrected chi connectivity index (χ1v) is 5.53. The molecule has 0 spiro atoms. The van der Waals surface area contributed by atoms with Crippen LogP contribution in [0.15, 0.2) is 6.33 Å². The molecule has 0 aliphatic rings. The summed E-state index contributed by atoms with van der Waals surface area (Å²) < 4.78 is 0. The quantitative estimate of drug-likeness (QED) is 0.779. The normalized spacial score (nSPS) is 10.5. The van der Waals surface area contributed by atoms with Gasteiger partial charge in [0.05, 0.1) is 0 Å². The van der Waals surface area contributed by atoms with Crippen molar-refractivity contribution in [3.8, 4) is 0 Å². The molecule has 0 amide bonds. The van der Waals surface area contributed by atoms with Crippen molar-refractivity contribution >= 4 is 11.6 Å². The predicted molar refractivity (Wildman–Crippen MR) is 64.3 cm³/mol.